The standard InChI is InChI=1S/C28H36N4O4/c1-20(33)31-12-9-23(10-13-31)29-24-6-7-27-26(16-24)28(35)32(14-15-36-27)19-25(34)18-30-11-8-21-4-2-3-5-22(21)17-30/h2-7,16,23,25,29,34H,8-15,17-19H2,1H3. The third-order valence-electron chi connectivity index (χ3n) is 7.54. The lowest BCUT2D eigenvalue weighted by Crippen LogP contribution is -2.44. The molecule has 1 saturated heterocycles. The Labute approximate surface area is 212 Å². The Morgan fingerprint density at radius 3 is 2.64 bits per heavy atom. The van der Waals surface area contributed by atoms with Crippen molar-refractivity contribution in [1.29, 1.82) is 0 Å². The summed E-state index contributed by atoms with van der Waals surface area (Å²) in [5, 5.41) is 14.4. The van der Waals surface area contributed by atoms with Gasteiger partial charge in [-0.25, -0.2) is 0 Å². The highest BCUT2D eigenvalue weighted by Gasteiger charge is 2.28. The summed E-state index contributed by atoms with van der Waals surface area (Å²) < 4.78 is 5.88. The summed E-state index contributed by atoms with van der Waals surface area (Å²) in [4.78, 5) is 30.9. The van der Waals surface area contributed by atoms with Crippen LogP contribution >= 0.6 is 0 Å². The second kappa shape index (κ2) is 10.9. The molecular formula is C28H36N4O4. The fourth-order valence-corrected chi connectivity index (χ4v) is 5.52. The van der Waals surface area contributed by atoms with E-state index in [1.165, 1.54) is 11.1 Å². The normalized spacial score (nSPS) is 19.7. The van der Waals surface area contributed by atoms with Crippen LogP contribution in [0, 0.1) is 0 Å². The molecule has 0 radical (unpaired) electrons. The number of piperidine rings is 1. The lowest BCUT2D eigenvalue weighted by molar-refractivity contribution is -0.129. The second-order valence-electron chi connectivity index (χ2n) is 10.1. The lowest BCUT2D eigenvalue weighted by atomic mass is 10.00. The van der Waals surface area contributed by atoms with E-state index in [-0.39, 0.29) is 24.4 Å². The molecule has 2 N–H and O–H groups in total. The fraction of sp³-hybridized carbons (Fsp3) is 0.500. The van der Waals surface area contributed by atoms with Gasteiger partial charge in [0.1, 0.15) is 12.4 Å². The maximum Gasteiger partial charge on any atom is 0.257 e. The molecule has 3 aliphatic heterocycles. The summed E-state index contributed by atoms with van der Waals surface area (Å²) in [6, 6.07) is 14.4. The van der Waals surface area contributed by atoms with Crippen molar-refractivity contribution in [2.24, 2.45) is 0 Å². The highest BCUT2D eigenvalue weighted by atomic mass is 16.5. The van der Waals surface area contributed by atoms with Crippen molar-refractivity contribution in [3.8, 4) is 5.75 Å². The number of aliphatic hydroxyl groups is 1. The van der Waals surface area contributed by atoms with Gasteiger partial charge in [-0.1, -0.05) is 24.3 Å². The number of β-amino-alcohol motifs (C(OH)–C–C–N with tert-alkyl or cyclic N) is 1. The van der Waals surface area contributed by atoms with Crippen LogP contribution in [0.5, 0.6) is 5.75 Å². The van der Waals surface area contributed by atoms with E-state index in [9.17, 15) is 14.7 Å². The maximum atomic E-state index is 13.4. The van der Waals surface area contributed by atoms with Gasteiger partial charge in [0.2, 0.25) is 5.91 Å². The third-order valence-corrected chi connectivity index (χ3v) is 7.54. The first-order valence-electron chi connectivity index (χ1n) is 13.0. The van der Waals surface area contributed by atoms with Crippen molar-refractivity contribution >= 4 is 17.5 Å². The first-order chi connectivity index (χ1) is 17.5. The van der Waals surface area contributed by atoms with Crippen molar-refractivity contribution in [3.63, 3.8) is 0 Å². The first kappa shape index (κ1) is 24.6. The topological polar surface area (TPSA) is 85.4 Å². The molecule has 1 unspecified atom stereocenters. The number of nitrogens with one attached hydrogen (secondary N) is 1. The number of aliphatic hydroxyl groups excluding tert-OH is 1. The molecule has 0 aliphatic carbocycles. The van der Waals surface area contributed by atoms with Crippen LogP contribution in [-0.2, 0) is 17.8 Å². The predicted molar refractivity (Wildman–Crippen MR) is 138 cm³/mol. The zero-order valence-electron chi connectivity index (χ0n) is 21.0. The molecule has 2 amide bonds. The van der Waals surface area contributed by atoms with Crippen LogP contribution in [0.1, 0.15) is 41.3 Å². The summed E-state index contributed by atoms with van der Waals surface area (Å²) in [5.74, 6) is 0.593. The minimum atomic E-state index is -0.631. The Kier molecular flexibility index (Phi) is 7.43. The predicted octanol–water partition coefficient (Wildman–Crippen LogP) is 2.36. The molecule has 2 aromatic carbocycles. The van der Waals surface area contributed by atoms with Crippen LogP contribution in [0.15, 0.2) is 42.5 Å². The van der Waals surface area contributed by atoms with Gasteiger partial charge in [0.25, 0.3) is 5.91 Å². The molecule has 2 aromatic rings. The molecule has 3 heterocycles. The molecule has 192 valence electrons. The summed E-state index contributed by atoms with van der Waals surface area (Å²) in [6.45, 7) is 6.50. The number of hydrogen-bond donors (Lipinski definition) is 2. The third kappa shape index (κ3) is 5.65. The van der Waals surface area contributed by atoms with Crippen LogP contribution in [-0.4, -0.2) is 89.6 Å². The minimum Gasteiger partial charge on any atom is -0.491 e. The first-order valence-corrected chi connectivity index (χ1v) is 13.0. The summed E-state index contributed by atoms with van der Waals surface area (Å²) in [5.41, 5.74) is 4.10. The molecule has 0 saturated carbocycles. The number of carbonyl (C=O) groups is 2. The molecule has 1 fully saturated rings. The molecule has 0 spiro atoms. The van der Waals surface area contributed by atoms with Gasteiger partial charge in [0.05, 0.1) is 18.2 Å². The molecule has 3 aliphatic rings. The average molecular weight is 493 g/mol. The molecular weight excluding hydrogens is 456 g/mol. The van der Waals surface area contributed by atoms with E-state index in [2.05, 4.69) is 34.5 Å². The summed E-state index contributed by atoms with van der Waals surface area (Å²) >= 11 is 0. The van der Waals surface area contributed by atoms with Crippen molar-refractivity contribution < 1.29 is 19.4 Å². The van der Waals surface area contributed by atoms with E-state index in [0.29, 0.717) is 31.0 Å². The van der Waals surface area contributed by atoms with Crippen LogP contribution < -0.4 is 10.1 Å². The molecule has 8 nitrogen and oxygen atoms in total. The van der Waals surface area contributed by atoms with E-state index in [0.717, 1.165) is 51.1 Å². The second-order valence-corrected chi connectivity index (χ2v) is 10.1. The van der Waals surface area contributed by atoms with Crippen molar-refractivity contribution in [2.45, 2.75) is 44.9 Å². The molecule has 0 bridgehead atoms. The van der Waals surface area contributed by atoms with E-state index in [4.69, 9.17) is 4.74 Å². The molecule has 1 atom stereocenters. The number of hydrogen-bond acceptors (Lipinski definition) is 6. The van der Waals surface area contributed by atoms with Gasteiger partial charge >= 0.3 is 0 Å². The zero-order valence-corrected chi connectivity index (χ0v) is 21.0. The number of anilines is 1. The summed E-state index contributed by atoms with van der Waals surface area (Å²) in [6.07, 6.45) is 2.10. The Bertz CT molecular complexity index is 1100. The molecule has 5 rings (SSSR count). The van der Waals surface area contributed by atoms with Gasteiger partial charge in [-0.3, -0.25) is 14.5 Å². The number of ether oxygens (including phenoxy) is 1. The zero-order chi connectivity index (χ0) is 25.1. The number of amides is 2. The number of rotatable bonds is 6. The van der Waals surface area contributed by atoms with Crippen molar-refractivity contribution in [1.82, 2.24) is 14.7 Å². The van der Waals surface area contributed by atoms with Gasteiger partial charge in [-0.15, -0.1) is 0 Å². The van der Waals surface area contributed by atoms with Crippen LogP contribution in [0.2, 0.25) is 0 Å². The Morgan fingerprint density at radius 1 is 1.08 bits per heavy atom. The maximum absolute atomic E-state index is 13.4. The molecule has 0 aromatic heterocycles. The number of benzene rings is 2. The van der Waals surface area contributed by atoms with Gasteiger partial charge in [0, 0.05) is 57.9 Å². The Balaban J connectivity index is 1.19. The quantitative estimate of drug-likeness (QED) is 0.644. The van der Waals surface area contributed by atoms with Crippen LogP contribution in [0.25, 0.3) is 0 Å². The monoisotopic (exact) mass is 492 g/mol. The fourth-order valence-electron chi connectivity index (χ4n) is 5.52. The van der Waals surface area contributed by atoms with Crippen molar-refractivity contribution in [2.75, 3.05) is 51.2 Å². The Morgan fingerprint density at radius 2 is 1.86 bits per heavy atom. The largest absolute Gasteiger partial charge is 0.491 e. The van der Waals surface area contributed by atoms with Crippen molar-refractivity contribution in [3.05, 3.63) is 59.2 Å². The number of likely N-dealkylation sites (tertiary alicyclic amines) is 1. The van der Waals surface area contributed by atoms with Gasteiger partial charge in [-0.2, -0.15) is 0 Å². The highest BCUT2D eigenvalue weighted by molar-refractivity contribution is 5.98. The summed E-state index contributed by atoms with van der Waals surface area (Å²) in [7, 11) is 0. The molecule has 36 heavy (non-hydrogen) atoms. The smallest absolute Gasteiger partial charge is 0.257 e. The van der Waals surface area contributed by atoms with Crippen LogP contribution in [0.4, 0.5) is 5.69 Å². The highest BCUT2D eigenvalue weighted by Crippen LogP contribution is 2.28. The minimum absolute atomic E-state index is 0.111. The van der Waals surface area contributed by atoms with Crippen LogP contribution in [0.3, 0.4) is 0 Å². The van der Waals surface area contributed by atoms with Gasteiger partial charge in [0.15, 0.2) is 0 Å². The van der Waals surface area contributed by atoms with E-state index in [1.54, 1.807) is 11.8 Å². The van der Waals surface area contributed by atoms with Gasteiger partial charge < -0.3 is 25.0 Å². The SMILES string of the molecule is CC(=O)N1CCC(Nc2ccc3c(c2)C(=O)N(CC(O)CN2CCc4ccccc4C2)CCO3)CC1. The Hall–Kier alpha value is -3.10. The van der Waals surface area contributed by atoms with E-state index < -0.39 is 6.10 Å². The van der Waals surface area contributed by atoms with Gasteiger partial charge in [-0.05, 0) is 48.6 Å². The number of nitrogens with zero attached hydrogens (tertiary/aromatic N) is 3. The lowest BCUT2D eigenvalue weighted by Gasteiger charge is -2.32. The number of fused-ring (bicyclic) bond motifs is 2. The number of carbonyl (C=O) groups excluding carboxylic acids is 2. The van der Waals surface area contributed by atoms with E-state index >= 15 is 0 Å². The average Bonchev–Trinajstić information content (AvgIpc) is 3.03. The molecule has 8 heteroatoms. The van der Waals surface area contributed by atoms with E-state index in [1.807, 2.05) is 23.1 Å².